The highest BCUT2D eigenvalue weighted by molar-refractivity contribution is 5.99. The molecule has 2 aromatic carbocycles. The average Bonchev–Trinajstić information content (AvgIpc) is 3.10. The number of carbonyl (C=O) groups is 1. The fourth-order valence-electron chi connectivity index (χ4n) is 2.50. The van der Waals surface area contributed by atoms with E-state index >= 15 is 0 Å². The molecule has 0 radical (unpaired) electrons. The second-order valence-corrected chi connectivity index (χ2v) is 5.56. The summed E-state index contributed by atoms with van der Waals surface area (Å²) in [5, 5.41) is 9.86. The van der Waals surface area contributed by atoms with Gasteiger partial charge < -0.3 is 10.1 Å². The number of methoxy groups -OCH3 is 1. The molecule has 3 aromatic rings. The van der Waals surface area contributed by atoms with Crippen LogP contribution in [-0.2, 0) is 6.54 Å². The van der Waals surface area contributed by atoms with Gasteiger partial charge in [-0.2, -0.15) is 5.10 Å². The summed E-state index contributed by atoms with van der Waals surface area (Å²) in [6.07, 6.45) is 1.56. The predicted octanol–water partition coefficient (Wildman–Crippen LogP) is 3.32. The summed E-state index contributed by atoms with van der Waals surface area (Å²) in [4.78, 5) is 12.5. The summed E-state index contributed by atoms with van der Waals surface area (Å²) >= 11 is 0. The quantitative estimate of drug-likeness (QED) is 0.757. The number of hydrogen-bond donors (Lipinski definition) is 2. The number of aromatic nitrogens is 2. The van der Waals surface area contributed by atoms with E-state index in [0.29, 0.717) is 12.1 Å². The summed E-state index contributed by atoms with van der Waals surface area (Å²) in [5.41, 5.74) is 4.35. The fraction of sp³-hybridized carbons (Fsp3) is 0.158. The van der Waals surface area contributed by atoms with Crippen LogP contribution < -0.4 is 10.1 Å². The van der Waals surface area contributed by atoms with Crippen molar-refractivity contribution < 1.29 is 9.53 Å². The van der Waals surface area contributed by atoms with E-state index in [1.165, 1.54) is 0 Å². The van der Waals surface area contributed by atoms with Crippen molar-refractivity contribution in [3.05, 3.63) is 71.4 Å². The number of carbonyl (C=O) groups excluding carboxylic acids is 1. The number of nitrogens with one attached hydrogen (secondary N) is 2. The van der Waals surface area contributed by atoms with Crippen LogP contribution in [0.25, 0.3) is 11.3 Å². The highest BCUT2D eigenvalue weighted by atomic mass is 16.5. The molecule has 1 aromatic heterocycles. The Morgan fingerprint density at radius 1 is 1.21 bits per heavy atom. The molecule has 0 fully saturated rings. The number of rotatable bonds is 5. The molecule has 0 aliphatic carbocycles. The molecule has 0 atom stereocenters. The van der Waals surface area contributed by atoms with Crippen LogP contribution in [0.1, 0.15) is 21.5 Å². The van der Waals surface area contributed by atoms with Gasteiger partial charge in [-0.05, 0) is 30.7 Å². The molecule has 0 aliphatic rings. The maximum Gasteiger partial charge on any atom is 0.255 e. The van der Waals surface area contributed by atoms with Crippen LogP contribution in [0.4, 0.5) is 0 Å². The zero-order valence-electron chi connectivity index (χ0n) is 13.7. The maximum atomic E-state index is 12.5. The van der Waals surface area contributed by atoms with E-state index < -0.39 is 0 Å². The van der Waals surface area contributed by atoms with Crippen molar-refractivity contribution >= 4 is 5.91 Å². The number of ether oxygens (including phenoxy) is 1. The minimum absolute atomic E-state index is 0.156. The van der Waals surface area contributed by atoms with Gasteiger partial charge in [-0.3, -0.25) is 9.89 Å². The standard InChI is InChI=1S/C19H19N3O2/c1-13-4-3-5-15(10-13)18-17(12-21-22-18)19(23)20-11-14-6-8-16(24-2)9-7-14/h3-10,12H,11H2,1-2H3,(H,20,23)(H,21,22). The zero-order valence-corrected chi connectivity index (χ0v) is 13.7. The molecule has 0 saturated heterocycles. The molecule has 5 heteroatoms. The Morgan fingerprint density at radius 3 is 2.71 bits per heavy atom. The van der Waals surface area contributed by atoms with E-state index in [2.05, 4.69) is 15.5 Å². The molecule has 122 valence electrons. The number of aromatic amines is 1. The van der Waals surface area contributed by atoms with Crippen LogP contribution in [0.3, 0.4) is 0 Å². The average molecular weight is 321 g/mol. The minimum Gasteiger partial charge on any atom is -0.497 e. The highest BCUT2D eigenvalue weighted by Crippen LogP contribution is 2.22. The van der Waals surface area contributed by atoms with Gasteiger partial charge in [0.05, 0.1) is 24.6 Å². The molecular formula is C19H19N3O2. The van der Waals surface area contributed by atoms with Gasteiger partial charge in [0.15, 0.2) is 0 Å². The van der Waals surface area contributed by atoms with Gasteiger partial charge in [-0.1, -0.05) is 35.9 Å². The SMILES string of the molecule is COc1ccc(CNC(=O)c2cn[nH]c2-c2cccc(C)c2)cc1. The van der Waals surface area contributed by atoms with Gasteiger partial charge in [0.1, 0.15) is 5.75 Å². The van der Waals surface area contributed by atoms with Crippen molar-refractivity contribution in [3.8, 4) is 17.0 Å². The molecule has 2 N–H and O–H groups in total. The lowest BCUT2D eigenvalue weighted by Gasteiger charge is -2.07. The Balaban J connectivity index is 1.73. The van der Waals surface area contributed by atoms with Crippen molar-refractivity contribution in [2.45, 2.75) is 13.5 Å². The Labute approximate surface area is 140 Å². The Kier molecular flexibility index (Phi) is 4.61. The smallest absolute Gasteiger partial charge is 0.255 e. The second kappa shape index (κ2) is 7.00. The highest BCUT2D eigenvalue weighted by Gasteiger charge is 2.15. The molecule has 0 aliphatic heterocycles. The van der Waals surface area contributed by atoms with Gasteiger partial charge >= 0.3 is 0 Å². The van der Waals surface area contributed by atoms with Gasteiger partial charge in [-0.25, -0.2) is 0 Å². The first-order valence-electron chi connectivity index (χ1n) is 7.69. The fourth-order valence-corrected chi connectivity index (χ4v) is 2.50. The first-order valence-corrected chi connectivity index (χ1v) is 7.69. The molecule has 0 saturated carbocycles. The van der Waals surface area contributed by atoms with Crippen molar-refractivity contribution in [2.24, 2.45) is 0 Å². The molecule has 0 unspecified atom stereocenters. The van der Waals surface area contributed by atoms with Crippen LogP contribution in [0.2, 0.25) is 0 Å². The number of benzene rings is 2. The van der Waals surface area contributed by atoms with E-state index in [0.717, 1.165) is 28.1 Å². The summed E-state index contributed by atoms with van der Waals surface area (Å²) in [6, 6.07) is 15.6. The molecule has 1 heterocycles. The number of hydrogen-bond acceptors (Lipinski definition) is 3. The molecule has 24 heavy (non-hydrogen) atoms. The second-order valence-electron chi connectivity index (χ2n) is 5.56. The van der Waals surface area contributed by atoms with E-state index in [-0.39, 0.29) is 5.91 Å². The number of amides is 1. The van der Waals surface area contributed by atoms with Crippen LogP contribution in [0.5, 0.6) is 5.75 Å². The van der Waals surface area contributed by atoms with Crippen LogP contribution in [-0.4, -0.2) is 23.2 Å². The zero-order chi connectivity index (χ0) is 16.9. The van der Waals surface area contributed by atoms with E-state index in [1.807, 2.05) is 55.5 Å². The lowest BCUT2D eigenvalue weighted by atomic mass is 10.1. The van der Waals surface area contributed by atoms with E-state index in [9.17, 15) is 4.79 Å². The molecule has 0 bridgehead atoms. The molecule has 5 nitrogen and oxygen atoms in total. The van der Waals surface area contributed by atoms with Crippen molar-refractivity contribution in [2.75, 3.05) is 7.11 Å². The number of nitrogens with zero attached hydrogens (tertiary/aromatic N) is 1. The van der Waals surface area contributed by atoms with Crippen LogP contribution in [0.15, 0.2) is 54.7 Å². The number of aryl methyl sites for hydroxylation is 1. The summed E-state index contributed by atoms with van der Waals surface area (Å²) in [7, 11) is 1.63. The van der Waals surface area contributed by atoms with Crippen molar-refractivity contribution in [1.82, 2.24) is 15.5 Å². The lowest BCUT2D eigenvalue weighted by molar-refractivity contribution is 0.0951. The third kappa shape index (κ3) is 3.46. The van der Waals surface area contributed by atoms with Crippen molar-refractivity contribution in [3.63, 3.8) is 0 Å². The minimum atomic E-state index is -0.156. The van der Waals surface area contributed by atoms with E-state index in [1.54, 1.807) is 13.3 Å². The Hall–Kier alpha value is -3.08. The first-order chi connectivity index (χ1) is 11.7. The normalized spacial score (nSPS) is 10.4. The largest absolute Gasteiger partial charge is 0.497 e. The molecule has 3 rings (SSSR count). The third-order valence-electron chi connectivity index (χ3n) is 3.80. The van der Waals surface area contributed by atoms with Gasteiger partial charge in [-0.15, -0.1) is 0 Å². The molecular weight excluding hydrogens is 302 g/mol. The maximum absolute atomic E-state index is 12.5. The number of H-pyrrole nitrogens is 1. The Bertz CT molecular complexity index is 838. The lowest BCUT2D eigenvalue weighted by Crippen LogP contribution is -2.22. The van der Waals surface area contributed by atoms with Gasteiger partial charge in [0.2, 0.25) is 0 Å². The summed E-state index contributed by atoms with van der Waals surface area (Å²) in [6.45, 7) is 2.46. The van der Waals surface area contributed by atoms with E-state index in [4.69, 9.17) is 4.74 Å². The molecule has 0 spiro atoms. The molecule has 1 amide bonds. The predicted molar refractivity (Wildman–Crippen MR) is 92.9 cm³/mol. The van der Waals surface area contributed by atoms with Crippen molar-refractivity contribution in [1.29, 1.82) is 0 Å². The summed E-state index contributed by atoms with van der Waals surface area (Å²) in [5.74, 6) is 0.637. The topological polar surface area (TPSA) is 67.0 Å². The Morgan fingerprint density at radius 2 is 2.00 bits per heavy atom. The summed E-state index contributed by atoms with van der Waals surface area (Å²) < 4.78 is 5.13. The van der Waals surface area contributed by atoms with Crippen LogP contribution >= 0.6 is 0 Å². The van der Waals surface area contributed by atoms with Gasteiger partial charge in [0, 0.05) is 12.1 Å². The van der Waals surface area contributed by atoms with Crippen LogP contribution in [0, 0.1) is 6.92 Å². The van der Waals surface area contributed by atoms with Gasteiger partial charge in [0.25, 0.3) is 5.91 Å². The monoisotopic (exact) mass is 321 g/mol. The first kappa shape index (κ1) is 15.8. The third-order valence-corrected chi connectivity index (χ3v) is 3.80.